The van der Waals surface area contributed by atoms with Crippen molar-refractivity contribution in [1.82, 2.24) is 4.31 Å². The quantitative estimate of drug-likeness (QED) is 0.590. The molecule has 2 aliphatic rings. The molecule has 1 unspecified atom stereocenters. The highest BCUT2D eigenvalue weighted by atomic mass is 32.2. The number of aryl methyl sites for hydroxylation is 1. The van der Waals surface area contributed by atoms with Crippen molar-refractivity contribution in [3.63, 3.8) is 0 Å². The average Bonchev–Trinajstić information content (AvgIpc) is 3.53. The molecule has 0 aromatic heterocycles. The molecule has 2 aromatic rings. The first-order valence-electron chi connectivity index (χ1n) is 8.62. The van der Waals surface area contributed by atoms with E-state index in [0.717, 1.165) is 28.9 Å². The minimum atomic E-state index is -1.31. The van der Waals surface area contributed by atoms with Gasteiger partial charge in [0.1, 0.15) is 23.6 Å². The Morgan fingerprint density at radius 2 is 1.80 bits per heavy atom. The van der Waals surface area contributed by atoms with Crippen LogP contribution in [0.5, 0.6) is 0 Å². The van der Waals surface area contributed by atoms with Crippen LogP contribution in [-0.2, 0) is 27.1 Å². The van der Waals surface area contributed by atoms with Crippen molar-refractivity contribution in [2.24, 2.45) is 5.92 Å². The van der Waals surface area contributed by atoms with E-state index in [1.165, 1.54) is 0 Å². The number of ether oxygens (including phenoxy) is 1. The van der Waals surface area contributed by atoms with Crippen LogP contribution in [-0.4, -0.2) is 26.6 Å². The summed E-state index contributed by atoms with van der Waals surface area (Å²) in [7, 11) is -1.31. The Labute approximate surface area is 150 Å². The molecule has 1 saturated heterocycles. The third kappa shape index (κ3) is 3.53. The molecule has 2 fully saturated rings. The second-order valence-electron chi connectivity index (χ2n) is 6.79. The Morgan fingerprint density at radius 3 is 2.44 bits per heavy atom. The normalized spacial score (nSPS) is 26.0. The van der Waals surface area contributed by atoms with Crippen molar-refractivity contribution in [3.05, 3.63) is 65.7 Å². The minimum Gasteiger partial charge on any atom is -0.460 e. The standard InChI is InChI=1S/C20H21NO3S/c1-14-7-11-17(12-8-14)25(23)21-18(16-9-10-16)19(21)20(22)24-13-15-5-3-2-4-6-15/h2-8,11-12,16,18-19H,9-10,13H2,1H3/t18-,19-,21?,25-/m1/s1. The van der Waals surface area contributed by atoms with Gasteiger partial charge in [-0.25, -0.2) is 4.21 Å². The molecule has 4 nitrogen and oxygen atoms in total. The van der Waals surface area contributed by atoms with Crippen LogP contribution in [0.4, 0.5) is 0 Å². The van der Waals surface area contributed by atoms with Crippen molar-refractivity contribution < 1.29 is 13.7 Å². The average molecular weight is 355 g/mol. The number of nitrogens with zero attached hydrogens (tertiary/aromatic N) is 1. The fraction of sp³-hybridized carbons (Fsp3) is 0.350. The molecule has 25 heavy (non-hydrogen) atoms. The Kier molecular flexibility index (Phi) is 4.44. The molecule has 130 valence electrons. The summed E-state index contributed by atoms with van der Waals surface area (Å²) in [5, 5.41) is 0. The second-order valence-corrected chi connectivity index (χ2v) is 8.18. The van der Waals surface area contributed by atoms with E-state index in [1.807, 2.05) is 65.8 Å². The molecule has 4 atom stereocenters. The summed E-state index contributed by atoms with van der Waals surface area (Å²) in [4.78, 5) is 13.3. The molecular weight excluding hydrogens is 334 g/mol. The smallest absolute Gasteiger partial charge is 0.326 e. The molecule has 0 N–H and O–H groups in total. The molecular formula is C20H21NO3S. The van der Waals surface area contributed by atoms with Crippen molar-refractivity contribution >= 4 is 17.0 Å². The molecule has 0 radical (unpaired) electrons. The Balaban J connectivity index is 1.44. The van der Waals surface area contributed by atoms with Gasteiger partial charge in [0, 0.05) is 0 Å². The second kappa shape index (κ2) is 6.73. The number of rotatable bonds is 6. The summed E-state index contributed by atoms with van der Waals surface area (Å²) in [6, 6.07) is 17.0. The van der Waals surface area contributed by atoms with Gasteiger partial charge in [-0.3, -0.25) is 4.79 Å². The number of hydrogen-bond acceptors (Lipinski definition) is 3. The lowest BCUT2D eigenvalue weighted by atomic mass is 10.2. The van der Waals surface area contributed by atoms with Crippen LogP contribution in [0, 0.1) is 12.8 Å². The first kappa shape index (κ1) is 16.5. The van der Waals surface area contributed by atoms with Crippen LogP contribution in [0.2, 0.25) is 0 Å². The zero-order chi connectivity index (χ0) is 17.4. The molecule has 2 aromatic carbocycles. The van der Waals surface area contributed by atoms with Crippen molar-refractivity contribution in [3.8, 4) is 0 Å². The van der Waals surface area contributed by atoms with Gasteiger partial charge in [0.2, 0.25) is 0 Å². The summed E-state index contributed by atoms with van der Waals surface area (Å²) in [6.45, 7) is 2.26. The predicted molar refractivity (Wildman–Crippen MR) is 96.0 cm³/mol. The fourth-order valence-electron chi connectivity index (χ4n) is 3.18. The van der Waals surface area contributed by atoms with Crippen LogP contribution in [0.3, 0.4) is 0 Å². The summed E-state index contributed by atoms with van der Waals surface area (Å²) < 4.78 is 20.2. The topological polar surface area (TPSA) is 46.4 Å². The summed E-state index contributed by atoms with van der Waals surface area (Å²) in [5.74, 6) is 0.213. The van der Waals surface area contributed by atoms with Gasteiger partial charge in [0.25, 0.3) is 0 Å². The van der Waals surface area contributed by atoms with E-state index in [4.69, 9.17) is 4.74 Å². The number of esters is 1. The third-order valence-corrected chi connectivity index (χ3v) is 6.32. The largest absolute Gasteiger partial charge is 0.460 e. The Bertz CT molecular complexity index is 786. The molecule has 1 heterocycles. The van der Waals surface area contributed by atoms with Crippen LogP contribution in [0.25, 0.3) is 0 Å². The zero-order valence-electron chi connectivity index (χ0n) is 14.1. The maximum atomic E-state index is 12.9. The van der Waals surface area contributed by atoms with Crippen LogP contribution < -0.4 is 0 Å². The molecule has 5 heteroatoms. The summed E-state index contributed by atoms with van der Waals surface area (Å²) in [6.07, 6.45) is 2.21. The van der Waals surface area contributed by atoms with Crippen molar-refractivity contribution in [2.75, 3.05) is 0 Å². The summed E-state index contributed by atoms with van der Waals surface area (Å²) in [5.41, 5.74) is 2.09. The maximum absolute atomic E-state index is 12.9. The molecule has 1 aliphatic heterocycles. The van der Waals surface area contributed by atoms with E-state index in [1.54, 1.807) is 0 Å². The van der Waals surface area contributed by atoms with Gasteiger partial charge < -0.3 is 4.74 Å². The highest BCUT2D eigenvalue weighted by Crippen LogP contribution is 2.49. The Hall–Kier alpha value is -1.98. The van der Waals surface area contributed by atoms with Gasteiger partial charge in [-0.05, 0) is 43.4 Å². The first-order chi connectivity index (χ1) is 12.1. The van der Waals surface area contributed by atoms with E-state index >= 15 is 0 Å². The summed E-state index contributed by atoms with van der Waals surface area (Å²) >= 11 is 0. The third-order valence-electron chi connectivity index (χ3n) is 4.79. The minimum absolute atomic E-state index is 0.0606. The van der Waals surface area contributed by atoms with Gasteiger partial charge in [-0.15, -0.1) is 0 Å². The number of benzene rings is 2. The van der Waals surface area contributed by atoms with E-state index in [-0.39, 0.29) is 24.7 Å². The van der Waals surface area contributed by atoms with Crippen LogP contribution in [0.15, 0.2) is 59.5 Å². The van der Waals surface area contributed by atoms with E-state index in [9.17, 15) is 9.00 Å². The lowest BCUT2D eigenvalue weighted by molar-refractivity contribution is -0.144. The molecule has 4 rings (SSSR count). The van der Waals surface area contributed by atoms with Crippen LogP contribution in [0.1, 0.15) is 24.0 Å². The number of carbonyl (C=O) groups is 1. The van der Waals surface area contributed by atoms with Crippen molar-refractivity contribution in [1.29, 1.82) is 0 Å². The predicted octanol–water partition coefficient (Wildman–Crippen LogP) is 3.22. The van der Waals surface area contributed by atoms with Crippen LogP contribution >= 0.6 is 0 Å². The molecule has 0 spiro atoms. The fourth-order valence-corrected chi connectivity index (χ4v) is 4.66. The van der Waals surface area contributed by atoms with Gasteiger partial charge in [0.15, 0.2) is 0 Å². The lowest BCUT2D eigenvalue weighted by Crippen LogP contribution is -2.18. The monoisotopic (exact) mass is 355 g/mol. The van der Waals surface area contributed by atoms with Crippen molar-refractivity contribution in [2.45, 2.75) is 43.4 Å². The van der Waals surface area contributed by atoms with Gasteiger partial charge in [0.05, 0.1) is 10.9 Å². The zero-order valence-corrected chi connectivity index (χ0v) is 14.9. The van der Waals surface area contributed by atoms with E-state index in [0.29, 0.717) is 5.92 Å². The molecule has 0 bridgehead atoms. The molecule has 1 aliphatic carbocycles. The number of hydrogen-bond donors (Lipinski definition) is 0. The van der Waals surface area contributed by atoms with E-state index < -0.39 is 11.0 Å². The maximum Gasteiger partial charge on any atom is 0.326 e. The van der Waals surface area contributed by atoms with Gasteiger partial charge in [-0.2, -0.15) is 4.31 Å². The highest BCUT2D eigenvalue weighted by Gasteiger charge is 2.62. The molecule has 0 amide bonds. The lowest BCUT2D eigenvalue weighted by Gasteiger charge is -2.06. The highest BCUT2D eigenvalue weighted by molar-refractivity contribution is 7.83. The van der Waals surface area contributed by atoms with Gasteiger partial charge in [-0.1, -0.05) is 48.0 Å². The molecule has 1 saturated carbocycles. The first-order valence-corrected chi connectivity index (χ1v) is 9.73. The SMILES string of the molecule is Cc1ccc([S@@](=O)N2[C@H](C3CC3)[C@@H]2C(=O)OCc2ccccc2)cc1. The van der Waals surface area contributed by atoms with Gasteiger partial charge >= 0.3 is 5.97 Å². The number of carbonyl (C=O) groups excluding carboxylic acids is 1. The van der Waals surface area contributed by atoms with E-state index in [2.05, 4.69) is 0 Å². The Morgan fingerprint density at radius 1 is 1.12 bits per heavy atom.